The topological polar surface area (TPSA) is 34.1 Å². The van der Waals surface area contributed by atoms with E-state index < -0.39 is 0 Å². The van der Waals surface area contributed by atoms with Crippen LogP contribution in [-0.4, -0.2) is 24.2 Å². The minimum absolute atomic E-state index is 0.772. The number of nitrogens with one attached hydrogen (secondary N) is 1. The summed E-state index contributed by atoms with van der Waals surface area (Å²) in [6.45, 7) is 3.93. The predicted octanol–water partition coefficient (Wildman–Crippen LogP) is 3.89. The highest BCUT2D eigenvalue weighted by Gasteiger charge is 2.19. The van der Waals surface area contributed by atoms with Crippen LogP contribution >= 0.6 is 11.3 Å². The van der Waals surface area contributed by atoms with Crippen LogP contribution in [0.2, 0.25) is 0 Å². The average Bonchev–Trinajstić information content (AvgIpc) is 3.22. The molecule has 0 amide bonds. The highest BCUT2D eigenvalue weighted by molar-refractivity contribution is 7.09. The third-order valence-corrected chi connectivity index (χ3v) is 4.43. The first kappa shape index (κ1) is 14.5. The monoisotopic (exact) mass is 302 g/mol. The molecule has 1 heterocycles. The number of benzene rings is 1. The lowest BCUT2D eigenvalue weighted by atomic mass is 10.2. The molecule has 1 saturated carbocycles. The number of hydrogen-bond acceptors (Lipinski definition) is 4. The molecular weight excluding hydrogens is 280 g/mol. The molecule has 0 aliphatic heterocycles. The Labute approximate surface area is 130 Å². The van der Waals surface area contributed by atoms with Crippen molar-refractivity contribution in [3.05, 3.63) is 34.7 Å². The normalized spacial score (nSPS) is 14.3. The van der Waals surface area contributed by atoms with E-state index in [0.717, 1.165) is 49.0 Å². The van der Waals surface area contributed by atoms with Crippen molar-refractivity contribution >= 4 is 11.3 Å². The minimum Gasteiger partial charge on any atom is -0.494 e. The van der Waals surface area contributed by atoms with Crippen LogP contribution in [0.3, 0.4) is 0 Å². The zero-order valence-electron chi connectivity index (χ0n) is 12.5. The minimum atomic E-state index is 0.772. The maximum atomic E-state index is 5.61. The third-order valence-electron chi connectivity index (χ3n) is 3.52. The number of thiazole rings is 1. The van der Waals surface area contributed by atoms with Gasteiger partial charge in [-0.05, 0) is 43.5 Å². The van der Waals surface area contributed by atoms with Crippen molar-refractivity contribution in [2.75, 3.05) is 13.2 Å². The van der Waals surface area contributed by atoms with Crippen LogP contribution in [0.4, 0.5) is 0 Å². The largest absolute Gasteiger partial charge is 0.494 e. The van der Waals surface area contributed by atoms with Gasteiger partial charge >= 0.3 is 0 Å². The maximum absolute atomic E-state index is 5.61. The molecule has 3 rings (SSSR count). The molecule has 112 valence electrons. The Morgan fingerprint density at radius 3 is 2.81 bits per heavy atom. The Morgan fingerprint density at radius 1 is 1.29 bits per heavy atom. The van der Waals surface area contributed by atoms with E-state index in [1.165, 1.54) is 17.8 Å². The number of rotatable bonds is 8. The summed E-state index contributed by atoms with van der Waals surface area (Å²) in [5.74, 6) is 0.935. The Morgan fingerprint density at radius 2 is 2.10 bits per heavy atom. The second kappa shape index (κ2) is 7.05. The van der Waals surface area contributed by atoms with Gasteiger partial charge in [0.05, 0.1) is 17.3 Å². The fourth-order valence-corrected chi connectivity index (χ4v) is 2.98. The quantitative estimate of drug-likeness (QED) is 0.803. The Kier molecular flexibility index (Phi) is 4.88. The summed E-state index contributed by atoms with van der Waals surface area (Å²) in [5.41, 5.74) is 2.24. The lowest BCUT2D eigenvalue weighted by Gasteiger charge is -2.04. The Hall–Kier alpha value is -1.39. The number of ether oxygens (including phenoxy) is 1. The molecule has 0 atom stereocenters. The molecule has 1 aromatic carbocycles. The summed E-state index contributed by atoms with van der Waals surface area (Å²) >= 11 is 1.75. The van der Waals surface area contributed by atoms with Crippen LogP contribution < -0.4 is 10.1 Å². The van der Waals surface area contributed by atoms with Crippen molar-refractivity contribution in [3.8, 4) is 17.0 Å². The molecule has 0 saturated heterocycles. The van der Waals surface area contributed by atoms with Gasteiger partial charge in [-0.2, -0.15) is 0 Å². The van der Waals surface area contributed by atoms with Gasteiger partial charge in [0.2, 0.25) is 0 Å². The van der Waals surface area contributed by atoms with Gasteiger partial charge in [-0.15, -0.1) is 11.3 Å². The summed E-state index contributed by atoms with van der Waals surface area (Å²) in [7, 11) is 0. The molecule has 4 heteroatoms. The Balaban J connectivity index is 1.56. The summed E-state index contributed by atoms with van der Waals surface area (Å²) in [6, 6.07) is 9.01. The van der Waals surface area contributed by atoms with Crippen molar-refractivity contribution in [3.63, 3.8) is 0 Å². The van der Waals surface area contributed by atoms with Gasteiger partial charge < -0.3 is 10.1 Å². The van der Waals surface area contributed by atoms with E-state index in [9.17, 15) is 0 Å². The number of hydrogen-bond donors (Lipinski definition) is 1. The molecule has 1 aromatic heterocycles. The summed E-state index contributed by atoms with van der Waals surface area (Å²) < 4.78 is 5.61. The summed E-state index contributed by atoms with van der Waals surface area (Å²) in [6.07, 6.45) is 4.75. The fourth-order valence-electron chi connectivity index (χ4n) is 2.17. The van der Waals surface area contributed by atoms with E-state index in [0.29, 0.717) is 0 Å². The first-order valence-corrected chi connectivity index (χ1v) is 8.64. The van der Waals surface area contributed by atoms with Crippen LogP contribution in [0.5, 0.6) is 5.75 Å². The van der Waals surface area contributed by atoms with Crippen molar-refractivity contribution in [2.24, 2.45) is 0 Å². The van der Waals surface area contributed by atoms with Gasteiger partial charge in [-0.25, -0.2) is 4.98 Å². The van der Waals surface area contributed by atoms with E-state index in [-0.39, 0.29) is 0 Å². The molecule has 3 nitrogen and oxygen atoms in total. The molecule has 0 unspecified atom stereocenters. The predicted molar refractivity (Wildman–Crippen MR) is 88.1 cm³/mol. The van der Waals surface area contributed by atoms with Crippen LogP contribution in [0.1, 0.15) is 31.2 Å². The molecule has 0 bridgehead atoms. The smallest absolute Gasteiger partial charge is 0.119 e. The standard InChI is InChI=1S/C17H22N2OS/c1-2-11-20-15-7-3-13(4-8-15)16-12-21-17(19-16)9-10-18-14-5-6-14/h3-4,7-8,12,14,18H,2,5-6,9-11H2,1H3. The molecule has 0 radical (unpaired) electrons. The third kappa shape index (κ3) is 4.29. The van der Waals surface area contributed by atoms with Gasteiger partial charge in [-0.1, -0.05) is 6.92 Å². The SMILES string of the molecule is CCCOc1ccc(-c2csc(CCNC3CC3)n2)cc1. The lowest BCUT2D eigenvalue weighted by Crippen LogP contribution is -2.19. The van der Waals surface area contributed by atoms with Gasteiger partial charge in [0, 0.05) is 30.0 Å². The first-order chi connectivity index (χ1) is 10.3. The van der Waals surface area contributed by atoms with Crippen LogP contribution in [-0.2, 0) is 6.42 Å². The van der Waals surface area contributed by atoms with Gasteiger partial charge in [0.15, 0.2) is 0 Å². The average molecular weight is 302 g/mol. The van der Waals surface area contributed by atoms with Crippen molar-refractivity contribution in [1.82, 2.24) is 10.3 Å². The van der Waals surface area contributed by atoms with E-state index in [1.54, 1.807) is 11.3 Å². The van der Waals surface area contributed by atoms with E-state index in [1.807, 2.05) is 12.1 Å². The van der Waals surface area contributed by atoms with Crippen LogP contribution in [0.25, 0.3) is 11.3 Å². The molecule has 1 N–H and O–H groups in total. The van der Waals surface area contributed by atoms with E-state index >= 15 is 0 Å². The first-order valence-electron chi connectivity index (χ1n) is 7.76. The van der Waals surface area contributed by atoms with Crippen LogP contribution in [0.15, 0.2) is 29.6 Å². The summed E-state index contributed by atoms with van der Waals surface area (Å²) in [4.78, 5) is 4.73. The van der Waals surface area contributed by atoms with Crippen LogP contribution in [0, 0.1) is 0 Å². The van der Waals surface area contributed by atoms with Gasteiger partial charge in [0.25, 0.3) is 0 Å². The van der Waals surface area contributed by atoms with Crippen molar-refractivity contribution in [2.45, 2.75) is 38.6 Å². The highest BCUT2D eigenvalue weighted by atomic mass is 32.1. The lowest BCUT2D eigenvalue weighted by molar-refractivity contribution is 0.317. The Bertz CT molecular complexity index is 560. The molecule has 2 aromatic rings. The maximum Gasteiger partial charge on any atom is 0.119 e. The fraction of sp³-hybridized carbons (Fsp3) is 0.471. The van der Waals surface area contributed by atoms with E-state index in [2.05, 4.69) is 29.8 Å². The van der Waals surface area contributed by atoms with Gasteiger partial charge in [0.1, 0.15) is 5.75 Å². The zero-order chi connectivity index (χ0) is 14.5. The molecular formula is C17H22N2OS. The molecule has 1 fully saturated rings. The van der Waals surface area contributed by atoms with Crippen molar-refractivity contribution < 1.29 is 4.74 Å². The number of aromatic nitrogens is 1. The second-order valence-corrected chi connectivity index (χ2v) is 6.42. The molecule has 21 heavy (non-hydrogen) atoms. The zero-order valence-corrected chi connectivity index (χ0v) is 13.3. The van der Waals surface area contributed by atoms with E-state index in [4.69, 9.17) is 9.72 Å². The number of nitrogens with zero attached hydrogens (tertiary/aromatic N) is 1. The molecule has 0 spiro atoms. The molecule has 1 aliphatic rings. The summed E-state index contributed by atoms with van der Waals surface area (Å²) in [5, 5.41) is 6.89. The second-order valence-electron chi connectivity index (χ2n) is 5.48. The van der Waals surface area contributed by atoms with Gasteiger partial charge in [-0.3, -0.25) is 0 Å². The van der Waals surface area contributed by atoms with Crippen molar-refractivity contribution in [1.29, 1.82) is 0 Å². The highest BCUT2D eigenvalue weighted by Crippen LogP contribution is 2.25. The molecule has 1 aliphatic carbocycles.